The molecule has 1 N–H and O–H groups in total. The Morgan fingerprint density at radius 3 is 2.74 bits per heavy atom. The van der Waals surface area contributed by atoms with Crippen molar-refractivity contribution in [2.24, 2.45) is 0 Å². The van der Waals surface area contributed by atoms with Crippen LogP contribution in [0, 0.1) is 0 Å². The van der Waals surface area contributed by atoms with E-state index in [1.165, 1.54) is 17.6 Å². The number of halogens is 1. The van der Waals surface area contributed by atoms with Crippen LogP contribution in [0.3, 0.4) is 0 Å². The van der Waals surface area contributed by atoms with Gasteiger partial charge in [0.2, 0.25) is 11.2 Å². The molecule has 0 bridgehead atoms. The monoisotopic (exact) mass is 597 g/mol. The maximum atomic E-state index is 12.9. The maximum absolute atomic E-state index is 12.9. The number of nitrogens with one attached hydrogen (secondary N) is 1. The third-order valence-corrected chi connectivity index (χ3v) is 7.91. The summed E-state index contributed by atoms with van der Waals surface area (Å²) < 4.78 is 22.9. The Labute approximate surface area is 230 Å². The van der Waals surface area contributed by atoms with Gasteiger partial charge >= 0.3 is 5.97 Å². The number of hydrogen-bond donors (Lipinski definition) is 1. The quantitative estimate of drug-likeness (QED) is 0.232. The lowest BCUT2D eigenvalue weighted by molar-refractivity contribution is -0.118. The van der Waals surface area contributed by atoms with Crippen molar-refractivity contribution in [3.63, 3.8) is 0 Å². The van der Waals surface area contributed by atoms with Crippen LogP contribution >= 0.6 is 27.3 Å². The van der Waals surface area contributed by atoms with Crippen molar-refractivity contribution in [3.05, 3.63) is 79.4 Å². The summed E-state index contributed by atoms with van der Waals surface area (Å²) in [6.45, 7) is 1.73. The Morgan fingerprint density at radius 2 is 1.92 bits per heavy atom. The molecule has 0 unspecified atom stereocenters. The Bertz CT molecular complexity index is 1580. The lowest BCUT2D eigenvalue weighted by Gasteiger charge is -2.12. The first-order chi connectivity index (χ1) is 18.4. The van der Waals surface area contributed by atoms with E-state index in [1.807, 2.05) is 12.1 Å². The highest BCUT2D eigenvalue weighted by Crippen LogP contribution is 2.38. The summed E-state index contributed by atoms with van der Waals surface area (Å²) in [5.41, 5.74) is 1.39. The van der Waals surface area contributed by atoms with E-state index in [-0.39, 0.29) is 24.4 Å². The topological polar surface area (TPSA) is 104 Å². The van der Waals surface area contributed by atoms with Crippen LogP contribution in [0.4, 0.5) is 5.00 Å². The molecule has 0 spiro atoms. The summed E-state index contributed by atoms with van der Waals surface area (Å²) in [7, 11) is 0. The van der Waals surface area contributed by atoms with Crippen molar-refractivity contribution in [2.45, 2.75) is 32.6 Å². The van der Waals surface area contributed by atoms with E-state index >= 15 is 0 Å². The zero-order valence-corrected chi connectivity index (χ0v) is 22.9. The lowest BCUT2D eigenvalue weighted by Crippen LogP contribution is -2.21. The second kappa shape index (κ2) is 11.4. The van der Waals surface area contributed by atoms with Crippen molar-refractivity contribution in [1.29, 1.82) is 0 Å². The zero-order chi connectivity index (χ0) is 26.6. The van der Waals surface area contributed by atoms with Crippen molar-refractivity contribution >= 4 is 55.1 Å². The minimum absolute atomic E-state index is 0.0495. The molecule has 1 amide bonds. The van der Waals surface area contributed by atoms with Gasteiger partial charge in [-0.25, -0.2) is 4.79 Å². The number of thiophene rings is 1. The molecule has 0 fully saturated rings. The molecule has 2 aromatic carbocycles. The molecule has 38 heavy (non-hydrogen) atoms. The summed E-state index contributed by atoms with van der Waals surface area (Å²) in [5, 5.41) is 3.62. The molecule has 1 aliphatic rings. The van der Waals surface area contributed by atoms with Gasteiger partial charge < -0.3 is 23.9 Å². The van der Waals surface area contributed by atoms with E-state index in [0.29, 0.717) is 37.5 Å². The van der Waals surface area contributed by atoms with E-state index < -0.39 is 11.9 Å². The molecule has 4 aromatic rings. The largest absolute Gasteiger partial charge is 0.484 e. The first-order valence-corrected chi connectivity index (χ1v) is 13.8. The molecule has 10 heteroatoms. The van der Waals surface area contributed by atoms with Gasteiger partial charge in [-0.05, 0) is 78.4 Å². The number of aryl methyl sites for hydroxylation is 1. The lowest BCUT2D eigenvalue weighted by atomic mass is 9.95. The predicted molar refractivity (Wildman–Crippen MR) is 148 cm³/mol. The number of rotatable bonds is 8. The summed E-state index contributed by atoms with van der Waals surface area (Å²) in [6.07, 6.45) is 4.99. The SMILES string of the molecule is CCOC(=O)c1c(NC(=O)COc2ccc3c(=O)c(Oc4ccccc4Br)coc3c2)sc2c1CCCC2. The molecule has 0 saturated heterocycles. The molecule has 0 atom stereocenters. The number of carbonyl (C=O) groups is 2. The Morgan fingerprint density at radius 1 is 1.11 bits per heavy atom. The highest BCUT2D eigenvalue weighted by molar-refractivity contribution is 9.10. The van der Waals surface area contributed by atoms with E-state index in [0.717, 1.165) is 36.1 Å². The summed E-state index contributed by atoms with van der Waals surface area (Å²) >= 11 is 4.81. The molecule has 196 valence electrons. The highest BCUT2D eigenvalue weighted by atomic mass is 79.9. The fraction of sp³-hybridized carbons (Fsp3) is 0.250. The molecule has 0 aliphatic heterocycles. The van der Waals surface area contributed by atoms with Crippen molar-refractivity contribution < 1.29 is 28.2 Å². The van der Waals surface area contributed by atoms with Gasteiger partial charge in [-0.2, -0.15) is 0 Å². The van der Waals surface area contributed by atoms with Gasteiger partial charge in [-0.1, -0.05) is 12.1 Å². The second-order valence-corrected chi connectivity index (χ2v) is 10.6. The van der Waals surface area contributed by atoms with Crippen molar-refractivity contribution in [3.8, 4) is 17.2 Å². The van der Waals surface area contributed by atoms with Crippen molar-refractivity contribution in [2.75, 3.05) is 18.5 Å². The van der Waals surface area contributed by atoms with Crippen molar-refractivity contribution in [1.82, 2.24) is 0 Å². The number of hydrogen-bond acceptors (Lipinski definition) is 8. The first kappa shape index (κ1) is 26.0. The van der Waals surface area contributed by atoms with E-state index in [2.05, 4.69) is 21.2 Å². The second-order valence-electron chi connectivity index (χ2n) is 8.59. The first-order valence-electron chi connectivity index (χ1n) is 12.2. The molecule has 8 nitrogen and oxygen atoms in total. The number of esters is 1. The van der Waals surface area contributed by atoms with E-state index in [9.17, 15) is 14.4 Å². The van der Waals surface area contributed by atoms with Gasteiger partial charge in [0.1, 0.15) is 28.3 Å². The Balaban J connectivity index is 1.28. The average Bonchev–Trinajstić information content (AvgIpc) is 3.28. The zero-order valence-electron chi connectivity index (χ0n) is 20.5. The summed E-state index contributed by atoms with van der Waals surface area (Å²) in [4.78, 5) is 39.3. The summed E-state index contributed by atoms with van der Waals surface area (Å²) in [6, 6.07) is 11.9. The predicted octanol–water partition coefficient (Wildman–Crippen LogP) is 6.48. The maximum Gasteiger partial charge on any atom is 0.341 e. The Kier molecular flexibility index (Phi) is 7.80. The van der Waals surface area contributed by atoms with Crippen LogP contribution in [0.1, 0.15) is 40.6 Å². The van der Waals surface area contributed by atoms with Crippen LogP contribution in [0.5, 0.6) is 17.2 Å². The molecule has 0 radical (unpaired) electrons. The smallest absolute Gasteiger partial charge is 0.341 e. The van der Waals surface area contributed by atoms with Crippen LogP contribution in [0.2, 0.25) is 0 Å². The van der Waals surface area contributed by atoms with Crippen LogP contribution in [-0.2, 0) is 22.4 Å². The number of amides is 1. The number of fused-ring (bicyclic) bond motifs is 2. The molecular formula is C28H24BrNO7S. The molecular weight excluding hydrogens is 574 g/mol. The summed E-state index contributed by atoms with van der Waals surface area (Å²) in [5.74, 6) is 0.0613. The molecule has 2 aromatic heterocycles. The highest BCUT2D eigenvalue weighted by Gasteiger charge is 2.27. The fourth-order valence-corrected chi connectivity index (χ4v) is 5.94. The molecule has 2 heterocycles. The van der Waals surface area contributed by atoms with Gasteiger partial charge in [0, 0.05) is 10.9 Å². The van der Waals surface area contributed by atoms with Gasteiger partial charge in [0.25, 0.3) is 5.91 Å². The van der Waals surface area contributed by atoms with Crippen LogP contribution in [-0.4, -0.2) is 25.1 Å². The molecule has 0 saturated carbocycles. The standard InChI is InChI=1S/C28H24BrNO7S/c1-2-34-28(33)25-18-7-3-6-10-23(18)38-27(25)30-24(31)15-35-16-11-12-17-21(13-16)36-14-22(26(17)32)37-20-9-5-4-8-19(20)29/h4-5,8-9,11-14H,2-3,6-7,10,15H2,1H3,(H,30,31). The van der Waals surface area contributed by atoms with Gasteiger partial charge in [0.05, 0.1) is 22.0 Å². The Hall–Kier alpha value is -3.63. The fourth-order valence-electron chi connectivity index (χ4n) is 4.28. The van der Waals surface area contributed by atoms with Crippen LogP contribution in [0.15, 0.2) is 62.4 Å². The van der Waals surface area contributed by atoms with Gasteiger partial charge in [0.15, 0.2) is 6.61 Å². The number of benzene rings is 2. The average molecular weight is 598 g/mol. The molecule has 5 rings (SSSR count). The van der Waals surface area contributed by atoms with E-state index in [4.69, 9.17) is 18.6 Å². The molecule has 1 aliphatic carbocycles. The van der Waals surface area contributed by atoms with Gasteiger partial charge in [-0.15, -0.1) is 11.3 Å². The third kappa shape index (κ3) is 5.46. The van der Waals surface area contributed by atoms with Crippen LogP contribution < -0.4 is 20.2 Å². The minimum Gasteiger partial charge on any atom is -0.484 e. The number of anilines is 1. The van der Waals surface area contributed by atoms with Crippen LogP contribution in [0.25, 0.3) is 11.0 Å². The van der Waals surface area contributed by atoms with Gasteiger partial charge in [-0.3, -0.25) is 9.59 Å². The normalized spacial score (nSPS) is 12.6. The third-order valence-electron chi connectivity index (χ3n) is 6.04. The number of ether oxygens (including phenoxy) is 3. The minimum atomic E-state index is -0.421. The van der Waals surface area contributed by atoms with E-state index in [1.54, 1.807) is 37.3 Å². The number of para-hydroxylation sites is 1. The number of carbonyl (C=O) groups excluding carboxylic acids is 2.